The van der Waals surface area contributed by atoms with Crippen molar-refractivity contribution in [1.82, 2.24) is 16.0 Å². The molecule has 0 radical (unpaired) electrons. The zero-order valence-corrected chi connectivity index (χ0v) is 9.71. The molecule has 0 bridgehead atoms. The molecule has 0 aromatic heterocycles. The Bertz CT molecular complexity index is 258. The van der Waals surface area contributed by atoms with E-state index in [9.17, 15) is 9.59 Å². The molecule has 3 N–H and O–H groups in total. The molecule has 16 heavy (non-hydrogen) atoms. The molecule has 1 rings (SSSR count). The van der Waals surface area contributed by atoms with Crippen LogP contribution in [-0.4, -0.2) is 50.7 Å². The molecule has 6 heteroatoms. The van der Waals surface area contributed by atoms with Gasteiger partial charge in [0.25, 0.3) is 0 Å². The molecular weight excluding hydrogens is 210 g/mol. The van der Waals surface area contributed by atoms with Crippen LogP contribution in [0.15, 0.2) is 0 Å². The molecule has 0 aliphatic carbocycles. The van der Waals surface area contributed by atoms with Crippen molar-refractivity contribution in [3.63, 3.8) is 0 Å². The molecule has 1 aliphatic rings. The number of amides is 2. The Kier molecular flexibility index (Phi) is 5.21. The van der Waals surface area contributed by atoms with Gasteiger partial charge in [0.2, 0.25) is 11.8 Å². The van der Waals surface area contributed by atoms with E-state index in [1.807, 2.05) is 6.92 Å². The predicted octanol–water partition coefficient (Wildman–Crippen LogP) is -1.38. The Labute approximate surface area is 95.1 Å². The minimum absolute atomic E-state index is 0.0822. The maximum absolute atomic E-state index is 11.7. The van der Waals surface area contributed by atoms with E-state index in [1.165, 1.54) is 0 Å². The fourth-order valence-corrected chi connectivity index (χ4v) is 1.56. The quantitative estimate of drug-likeness (QED) is 0.555. The van der Waals surface area contributed by atoms with Crippen molar-refractivity contribution in [3.8, 4) is 0 Å². The summed E-state index contributed by atoms with van der Waals surface area (Å²) in [5.74, 6) is -0.197. The molecule has 2 amide bonds. The van der Waals surface area contributed by atoms with Gasteiger partial charge in [-0.05, 0) is 6.92 Å². The lowest BCUT2D eigenvalue weighted by molar-refractivity contribution is -0.129. The Hall–Kier alpha value is -1.14. The highest BCUT2D eigenvalue weighted by Gasteiger charge is 2.27. The van der Waals surface area contributed by atoms with Gasteiger partial charge in [-0.1, -0.05) is 0 Å². The highest BCUT2D eigenvalue weighted by Crippen LogP contribution is 2.03. The topological polar surface area (TPSA) is 79.5 Å². The van der Waals surface area contributed by atoms with Crippen molar-refractivity contribution in [2.45, 2.75) is 25.5 Å². The first-order valence-electron chi connectivity index (χ1n) is 5.48. The average molecular weight is 229 g/mol. The second-order valence-corrected chi connectivity index (χ2v) is 3.72. The average Bonchev–Trinajstić information content (AvgIpc) is 2.29. The normalized spacial score (nSPS) is 24.9. The molecule has 6 nitrogen and oxygen atoms in total. The van der Waals surface area contributed by atoms with E-state index in [4.69, 9.17) is 4.74 Å². The van der Waals surface area contributed by atoms with Gasteiger partial charge in [0.05, 0.1) is 12.7 Å². The van der Waals surface area contributed by atoms with Crippen LogP contribution in [-0.2, 0) is 14.3 Å². The second-order valence-electron chi connectivity index (χ2n) is 3.72. The zero-order chi connectivity index (χ0) is 12.0. The number of hydrogen-bond donors (Lipinski definition) is 3. The zero-order valence-electron chi connectivity index (χ0n) is 9.71. The number of morpholine rings is 1. The number of nitrogens with one attached hydrogen (secondary N) is 3. The summed E-state index contributed by atoms with van der Waals surface area (Å²) in [6.07, 6.45) is 0.165. The number of ether oxygens (including phenoxy) is 1. The van der Waals surface area contributed by atoms with Gasteiger partial charge in [0.15, 0.2) is 0 Å². The summed E-state index contributed by atoms with van der Waals surface area (Å²) in [5, 5.41) is 8.29. The number of carbonyl (C=O) groups is 2. The maximum Gasteiger partial charge on any atom is 0.239 e. The SMILES string of the molecule is CNC(=O)CCNC(=O)[C@H]1NCCO[C@@H]1C. The number of rotatable bonds is 4. The second kappa shape index (κ2) is 6.44. The van der Waals surface area contributed by atoms with Crippen LogP contribution in [0.3, 0.4) is 0 Å². The van der Waals surface area contributed by atoms with Gasteiger partial charge in [-0.3, -0.25) is 9.59 Å². The van der Waals surface area contributed by atoms with E-state index in [1.54, 1.807) is 7.05 Å². The predicted molar refractivity (Wildman–Crippen MR) is 58.9 cm³/mol. The fraction of sp³-hybridized carbons (Fsp3) is 0.800. The van der Waals surface area contributed by atoms with Crippen LogP contribution >= 0.6 is 0 Å². The maximum atomic E-state index is 11.7. The van der Waals surface area contributed by atoms with Crippen molar-refractivity contribution in [2.24, 2.45) is 0 Å². The molecule has 1 fully saturated rings. The van der Waals surface area contributed by atoms with Crippen LogP contribution in [0.5, 0.6) is 0 Å². The van der Waals surface area contributed by atoms with Crippen molar-refractivity contribution < 1.29 is 14.3 Å². The summed E-state index contributed by atoms with van der Waals surface area (Å²) in [7, 11) is 1.57. The van der Waals surface area contributed by atoms with Crippen LogP contribution in [0.25, 0.3) is 0 Å². The van der Waals surface area contributed by atoms with Gasteiger partial charge in [0, 0.05) is 26.6 Å². The Morgan fingerprint density at radius 3 is 2.88 bits per heavy atom. The van der Waals surface area contributed by atoms with Gasteiger partial charge >= 0.3 is 0 Å². The standard InChI is InChI=1S/C10H19N3O3/c1-7-9(12-5-6-16-7)10(15)13-4-3-8(14)11-2/h7,9,12H,3-6H2,1-2H3,(H,11,14)(H,13,15)/t7-,9+/m1/s1. The summed E-state index contributed by atoms with van der Waals surface area (Å²) in [6.45, 7) is 3.51. The molecule has 1 saturated heterocycles. The Morgan fingerprint density at radius 2 is 2.25 bits per heavy atom. The molecule has 0 aromatic carbocycles. The molecule has 0 aromatic rings. The fourth-order valence-electron chi connectivity index (χ4n) is 1.56. The largest absolute Gasteiger partial charge is 0.375 e. The molecule has 0 unspecified atom stereocenters. The van der Waals surface area contributed by atoms with E-state index >= 15 is 0 Å². The van der Waals surface area contributed by atoms with E-state index in [0.717, 1.165) is 0 Å². The minimum Gasteiger partial charge on any atom is -0.375 e. The third-order valence-corrected chi connectivity index (χ3v) is 2.53. The minimum atomic E-state index is -0.321. The van der Waals surface area contributed by atoms with Crippen LogP contribution in [0.4, 0.5) is 0 Å². The van der Waals surface area contributed by atoms with Crippen LogP contribution in [0.2, 0.25) is 0 Å². The van der Waals surface area contributed by atoms with E-state index < -0.39 is 0 Å². The van der Waals surface area contributed by atoms with Gasteiger partial charge in [-0.15, -0.1) is 0 Å². The molecule has 1 heterocycles. The highest BCUT2D eigenvalue weighted by molar-refractivity contribution is 5.83. The van der Waals surface area contributed by atoms with Crippen molar-refractivity contribution in [3.05, 3.63) is 0 Å². The third kappa shape index (κ3) is 3.79. The van der Waals surface area contributed by atoms with Gasteiger partial charge in [-0.2, -0.15) is 0 Å². The summed E-state index contributed by atoms with van der Waals surface area (Å²) in [6, 6.07) is -0.321. The first-order valence-corrected chi connectivity index (χ1v) is 5.48. The van der Waals surface area contributed by atoms with E-state index in [-0.39, 0.29) is 24.0 Å². The molecular formula is C10H19N3O3. The van der Waals surface area contributed by atoms with Gasteiger partial charge < -0.3 is 20.7 Å². The molecule has 0 spiro atoms. The molecule has 0 saturated carbocycles. The highest BCUT2D eigenvalue weighted by atomic mass is 16.5. The molecule has 92 valence electrons. The lowest BCUT2D eigenvalue weighted by Crippen LogP contribution is -2.55. The van der Waals surface area contributed by atoms with Crippen molar-refractivity contribution in [1.29, 1.82) is 0 Å². The lowest BCUT2D eigenvalue weighted by Gasteiger charge is -2.29. The van der Waals surface area contributed by atoms with E-state index in [0.29, 0.717) is 26.1 Å². The first-order chi connectivity index (χ1) is 7.65. The first kappa shape index (κ1) is 12.9. The molecule has 1 aliphatic heterocycles. The summed E-state index contributed by atoms with van der Waals surface area (Å²) in [5.41, 5.74) is 0. The number of carbonyl (C=O) groups excluding carboxylic acids is 2. The lowest BCUT2D eigenvalue weighted by atomic mass is 10.1. The van der Waals surface area contributed by atoms with E-state index in [2.05, 4.69) is 16.0 Å². The third-order valence-electron chi connectivity index (χ3n) is 2.53. The van der Waals surface area contributed by atoms with Crippen LogP contribution in [0, 0.1) is 0 Å². The van der Waals surface area contributed by atoms with Gasteiger partial charge in [-0.25, -0.2) is 0 Å². The van der Waals surface area contributed by atoms with Crippen LogP contribution in [0.1, 0.15) is 13.3 Å². The summed E-state index contributed by atoms with van der Waals surface area (Å²) in [4.78, 5) is 22.6. The van der Waals surface area contributed by atoms with Crippen LogP contribution < -0.4 is 16.0 Å². The molecule has 2 atom stereocenters. The van der Waals surface area contributed by atoms with Crippen molar-refractivity contribution >= 4 is 11.8 Å². The summed E-state index contributed by atoms with van der Waals surface area (Å²) < 4.78 is 5.36. The Balaban J connectivity index is 2.25. The Morgan fingerprint density at radius 1 is 1.50 bits per heavy atom. The monoisotopic (exact) mass is 229 g/mol. The van der Waals surface area contributed by atoms with Gasteiger partial charge in [0.1, 0.15) is 6.04 Å². The van der Waals surface area contributed by atoms with Crippen molar-refractivity contribution in [2.75, 3.05) is 26.7 Å². The summed E-state index contributed by atoms with van der Waals surface area (Å²) >= 11 is 0. The smallest absolute Gasteiger partial charge is 0.239 e. The number of hydrogen-bond acceptors (Lipinski definition) is 4.